The Balaban J connectivity index is 1.25. The van der Waals surface area contributed by atoms with Crippen molar-refractivity contribution >= 4 is 39.6 Å². The van der Waals surface area contributed by atoms with Crippen LogP contribution in [0, 0.1) is 20.2 Å². The third-order valence-electron chi connectivity index (χ3n) is 6.58. The maximum atomic E-state index is 13.1. The summed E-state index contributed by atoms with van der Waals surface area (Å²) in [6, 6.07) is 14.5. The molecule has 5 rings (SSSR count). The zero-order chi connectivity index (χ0) is 24.7. The smallest absolute Gasteiger partial charge is 0.299 e. The lowest BCUT2D eigenvalue weighted by Crippen LogP contribution is -2.50. The number of carbonyl (C=O) groups excluding carboxylic acids is 2. The highest BCUT2D eigenvalue weighted by Crippen LogP contribution is 2.33. The lowest BCUT2D eigenvalue weighted by molar-refractivity contribution is -0.393. The summed E-state index contributed by atoms with van der Waals surface area (Å²) < 4.78 is 0. The van der Waals surface area contributed by atoms with Crippen molar-refractivity contribution in [2.75, 3.05) is 44.2 Å². The van der Waals surface area contributed by atoms with E-state index in [2.05, 4.69) is 4.90 Å². The van der Waals surface area contributed by atoms with Gasteiger partial charge in [-0.15, -0.1) is 0 Å². The average Bonchev–Trinajstić information content (AvgIpc) is 2.87. The van der Waals surface area contributed by atoms with Crippen molar-refractivity contribution < 1.29 is 19.4 Å². The fourth-order valence-corrected chi connectivity index (χ4v) is 4.78. The normalized spacial score (nSPS) is 16.1. The quantitative estimate of drug-likeness (QED) is 0.302. The Hall–Kier alpha value is -4.38. The number of nitrogens with zero attached hydrogens (tertiary/aromatic N) is 5. The van der Waals surface area contributed by atoms with Gasteiger partial charge in [-0.25, -0.2) is 0 Å². The number of hydrogen-bond donors (Lipinski definition) is 0. The summed E-state index contributed by atoms with van der Waals surface area (Å²) in [4.78, 5) is 52.5. The SMILES string of the molecule is O=C1c2cccc3cccc(c23)C(=O)N1CCN1CCN(c2ccc([N+](=O)[O-])cc2[N+](=O)[O-])CC1. The number of non-ortho nitro benzene ring substituents is 1. The van der Waals surface area contributed by atoms with E-state index >= 15 is 0 Å². The molecule has 0 atom stereocenters. The predicted molar refractivity (Wildman–Crippen MR) is 128 cm³/mol. The standard InChI is InChI=1S/C24H21N5O6/c30-23-18-5-1-3-16-4-2-6-19(22(16)18)24(31)27(23)14-11-25-9-12-26(13-10-25)20-8-7-17(28(32)33)15-21(20)29(34)35/h1-8,15H,9-14H2. The first-order valence-electron chi connectivity index (χ1n) is 11.1. The van der Waals surface area contributed by atoms with Gasteiger partial charge < -0.3 is 4.90 Å². The van der Waals surface area contributed by atoms with Crippen LogP contribution in [0.3, 0.4) is 0 Å². The topological polar surface area (TPSA) is 130 Å². The minimum absolute atomic E-state index is 0.236. The monoisotopic (exact) mass is 475 g/mol. The summed E-state index contributed by atoms with van der Waals surface area (Å²) in [6.45, 7) is 2.80. The number of benzene rings is 3. The summed E-state index contributed by atoms with van der Waals surface area (Å²) in [7, 11) is 0. The third kappa shape index (κ3) is 3.95. The zero-order valence-corrected chi connectivity index (χ0v) is 18.6. The van der Waals surface area contributed by atoms with Gasteiger partial charge in [-0.1, -0.05) is 24.3 Å². The van der Waals surface area contributed by atoms with E-state index in [0.29, 0.717) is 54.9 Å². The zero-order valence-electron chi connectivity index (χ0n) is 18.6. The molecule has 3 aromatic rings. The Morgan fingerprint density at radius 2 is 1.40 bits per heavy atom. The Morgan fingerprint density at radius 1 is 0.771 bits per heavy atom. The number of hydrogen-bond acceptors (Lipinski definition) is 8. The van der Waals surface area contributed by atoms with E-state index < -0.39 is 9.85 Å². The van der Waals surface area contributed by atoms with E-state index in [4.69, 9.17) is 0 Å². The van der Waals surface area contributed by atoms with Crippen LogP contribution in [-0.2, 0) is 0 Å². The fourth-order valence-electron chi connectivity index (χ4n) is 4.78. The maximum Gasteiger partial charge on any atom is 0.299 e. The van der Waals surface area contributed by atoms with Gasteiger partial charge >= 0.3 is 0 Å². The first-order valence-corrected chi connectivity index (χ1v) is 11.1. The molecule has 0 aliphatic carbocycles. The van der Waals surface area contributed by atoms with Crippen molar-refractivity contribution in [2.24, 2.45) is 0 Å². The molecule has 3 aromatic carbocycles. The average molecular weight is 475 g/mol. The summed E-state index contributed by atoms with van der Waals surface area (Å²) in [5.74, 6) is -0.612. The van der Waals surface area contributed by atoms with Crippen LogP contribution in [0.1, 0.15) is 20.7 Å². The van der Waals surface area contributed by atoms with Crippen LogP contribution < -0.4 is 4.90 Å². The first-order chi connectivity index (χ1) is 16.8. The van der Waals surface area contributed by atoms with Gasteiger partial charge in [0.05, 0.1) is 15.9 Å². The highest BCUT2D eigenvalue weighted by atomic mass is 16.6. The molecular formula is C24H21N5O6. The van der Waals surface area contributed by atoms with Gasteiger partial charge in [0.2, 0.25) is 0 Å². The Bertz CT molecular complexity index is 1330. The molecule has 11 heteroatoms. The van der Waals surface area contributed by atoms with Crippen molar-refractivity contribution in [3.63, 3.8) is 0 Å². The van der Waals surface area contributed by atoms with Crippen molar-refractivity contribution in [3.8, 4) is 0 Å². The molecule has 0 unspecified atom stereocenters. The predicted octanol–water partition coefficient (Wildman–Crippen LogP) is 3.07. The summed E-state index contributed by atoms with van der Waals surface area (Å²) >= 11 is 0. The van der Waals surface area contributed by atoms with E-state index in [1.54, 1.807) is 12.1 Å². The van der Waals surface area contributed by atoms with Crippen molar-refractivity contribution in [1.29, 1.82) is 0 Å². The van der Waals surface area contributed by atoms with E-state index in [1.165, 1.54) is 17.0 Å². The van der Waals surface area contributed by atoms with Gasteiger partial charge in [0.1, 0.15) is 5.69 Å². The lowest BCUT2D eigenvalue weighted by Gasteiger charge is -2.37. The molecule has 1 fully saturated rings. The first kappa shape index (κ1) is 22.4. The van der Waals surface area contributed by atoms with Gasteiger partial charge in [0, 0.05) is 61.8 Å². The molecule has 0 aromatic heterocycles. The van der Waals surface area contributed by atoms with Crippen LogP contribution >= 0.6 is 0 Å². The Labute approximate surface area is 199 Å². The van der Waals surface area contributed by atoms with Gasteiger partial charge in [0.25, 0.3) is 23.2 Å². The molecule has 2 aliphatic rings. The molecule has 0 radical (unpaired) electrons. The summed E-state index contributed by atoms with van der Waals surface area (Å²) in [5.41, 5.74) is 0.754. The van der Waals surface area contributed by atoms with Gasteiger partial charge in [0.15, 0.2) is 0 Å². The number of nitro groups is 2. The van der Waals surface area contributed by atoms with E-state index in [0.717, 1.165) is 11.5 Å². The Kier molecular flexibility index (Phi) is 5.61. The number of carbonyl (C=O) groups is 2. The van der Waals surface area contributed by atoms with E-state index in [1.807, 2.05) is 29.2 Å². The minimum Gasteiger partial charge on any atom is -0.363 e. The highest BCUT2D eigenvalue weighted by molar-refractivity contribution is 6.25. The molecule has 11 nitrogen and oxygen atoms in total. The van der Waals surface area contributed by atoms with E-state index in [9.17, 15) is 29.8 Å². The minimum atomic E-state index is -0.656. The summed E-state index contributed by atoms with van der Waals surface area (Å²) in [5, 5.41) is 24.0. The van der Waals surface area contributed by atoms with Crippen LogP contribution in [0.25, 0.3) is 10.8 Å². The second-order valence-corrected chi connectivity index (χ2v) is 8.49. The molecule has 0 bridgehead atoms. The largest absolute Gasteiger partial charge is 0.363 e. The van der Waals surface area contributed by atoms with E-state index in [-0.39, 0.29) is 29.7 Å². The van der Waals surface area contributed by atoms with Gasteiger partial charge in [-0.2, -0.15) is 0 Å². The van der Waals surface area contributed by atoms with Crippen LogP contribution in [0.2, 0.25) is 0 Å². The third-order valence-corrected chi connectivity index (χ3v) is 6.58. The number of piperazine rings is 1. The number of rotatable bonds is 6. The fraction of sp³-hybridized carbons (Fsp3) is 0.250. The van der Waals surface area contributed by atoms with Crippen LogP contribution in [0.15, 0.2) is 54.6 Å². The summed E-state index contributed by atoms with van der Waals surface area (Å²) in [6.07, 6.45) is 0. The highest BCUT2D eigenvalue weighted by Gasteiger charge is 2.33. The molecule has 2 heterocycles. The molecule has 2 amide bonds. The number of imide groups is 1. The molecule has 0 spiro atoms. The van der Waals surface area contributed by atoms with Crippen LogP contribution in [-0.4, -0.2) is 70.7 Å². The van der Waals surface area contributed by atoms with Crippen LogP contribution in [0.4, 0.5) is 17.1 Å². The Morgan fingerprint density at radius 3 is 1.97 bits per heavy atom. The van der Waals surface area contributed by atoms with Crippen molar-refractivity contribution in [1.82, 2.24) is 9.80 Å². The molecular weight excluding hydrogens is 454 g/mol. The number of nitro benzene ring substituents is 2. The molecule has 0 N–H and O–H groups in total. The van der Waals surface area contributed by atoms with Crippen LogP contribution in [0.5, 0.6) is 0 Å². The number of anilines is 1. The molecule has 1 saturated heterocycles. The molecule has 0 saturated carbocycles. The molecule has 35 heavy (non-hydrogen) atoms. The van der Waals surface area contributed by atoms with Gasteiger partial charge in [-0.05, 0) is 23.6 Å². The van der Waals surface area contributed by atoms with Crippen molar-refractivity contribution in [2.45, 2.75) is 0 Å². The molecule has 178 valence electrons. The second-order valence-electron chi connectivity index (χ2n) is 8.49. The number of amides is 2. The maximum absolute atomic E-state index is 13.1. The molecule has 2 aliphatic heterocycles. The second kappa shape index (κ2) is 8.76. The van der Waals surface area contributed by atoms with Gasteiger partial charge in [-0.3, -0.25) is 39.6 Å². The lowest BCUT2D eigenvalue weighted by atomic mass is 9.94. The van der Waals surface area contributed by atoms with Crippen molar-refractivity contribution in [3.05, 3.63) is 86.0 Å².